The van der Waals surface area contributed by atoms with Crippen LogP contribution in [0, 0.1) is 11.7 Å². The lowest BCUT2D eigenvalue weighted by atomic mass is 9.89. The van der Waals surface area contributed by atoms with Crippen LogP contribution in [0.2, 0.25) is 0 Å². The van der Waals surface area contributed by atoms with E-state index in [2.05, 4.69) is 4.74 Å². The number of piperidine rings is 1. The van der Waals surface area contributed by atoms with E-state index in [4.69, 9.17) is 0 Å². The minimum Gasteiger partial charge on any atom is -0.469 e. The van der Waals surface area contributed by atoms with Gasteiger partial charge >= 0.3 is 5.97 Å². The molecule has 0 radical (unpaired) electrons. The number of benzene rings is 2. The number of carbonyl (C=O) groups is 3. The van der Waals surface area contributed by atoms with Crippen LogP contribution in [0.15, 0.2) is 48.5 Å². The normalized spacial score (nSPS) is 16.3. The number of likely N-dealkylation sites (tertiary alicyclic amines) is 1. The van der Waals surface area contributed by atoms with E-state index in [-0.39, 0.29) is 30.4 Å². The third-order valence-corrected chi connectivity index (χ3v) is 5.25. The highest BCUT2D eigenvalue weighted by Gasteiger charge is 2.29. The molecule has 2 aromatic rings. The summed E-state index contributed by atoms with van der Waals surface area (Å²) in [6, 6.07) is 13.7. The zero-order valence-electron chi connectivity index (χ0n) is 16.4. The lowest BCUT2D eigenvalue weighted by Gasteiger charge is -2.32. The van der Waals surface area contributed by atoms with Gasteiger partial charge in [-0.15, -0.1) is 0 Å². The van der Waals surface area contributed by atoms with E-state index in [1.165, 1.54) is 13.2 Å². The molecule has 0 N–H and O–H groups in total. The molecule has 0 spiro atoms. The Morgan fingerprint density at radius 1 is 1.10 bits per heavy atom. The SMILES string of the molecule is COC(=O)CCC(=O)N1CCCC(C(=O)c2ccc(-c3ccccc3)c(F)c2)C1. The number of ether oxygens (including phenoxy) is 1. The van der Waals surface area contributed by atoms with E-state index in [1.807, 2.05) is 30.3 Å². The number of hydrogen-bond acceptors (Lipinski definition) is 4. The van der Waals surface area contributed by atoms with E-state index in [0.29, 0.717) is 37.1 Å². The molecule has 1 saturated heterocycles. The molecule has 6 heteroatoms. The number of Topliss-reactive ketones (excluding diaryl/α,β-unsaturated/α-hetero) is 1. The number of esters is 1. The molecular formula is C23H24FNO4. The monoisotopic (exact) mass is 397 g/mol. The first-order valence-corrected chi connectivity index (χ1v) is 9.73. The largest absolute Gasteiger partial charge is 0.469 e. The molecule has 3 rings (SSSR count). The van der Waals surface area contributed by atoms with Crippen molar-refractivity contribution in [3.05, 3.63) is 59.9 Å². The van der Waals surface area contributed by atoms with Gasteiger partial charge in [-0.3, -0.25) is 14.4 Å². The number of carbonyl (C=O) groups excluding carboxylic acids is 3. The fourth-order valence-corrected chi connectivity index (χ4v) is 3.64. The van der Waals surface area contributed by atoms with Crippen molar-refractivity contribution in [2.75, 3.05) is 20.2 Å². The molecule has 1 aliphatic rings. The minimum atomic E-state index is -0.441. The molecule has 1 unspecified atom stereocenters. The average Bonchev–Trinajstić information content (AvgIpc) is 2.77. The van der Waals surface area contributed by atoms with Crippen LogP contribution in [0.1, 0.15) is 36.0 Å². The molecule has 1 heterocycles. The zero-order valence-corrected chi connectivity index (χ0v) is 16.4. The van der Waals surface area contributed by atoms with E-state index < -0.39 is 11.8 Å². The standard InChI is InChI=1S/C23H24FNO4/c1-29-22(27)12-11-21(26)25-13-5-8-18(15-25)23(28)17-9-10-19(20(24)14-17)16-6-3-2-4-7-16/h2-4,6-7,9-10,14,18H,5,8,11-13,15H2,1H3. The molecule has 29 heavy (non-hydrogen) atoms. The molecule has 0 aromatic heterocycles. The first kappa shape index (κ1) is 20.7. The topological polar surface area (TPSA) is 63.7 Å². The van der Waals surface area contributed by atoms with Crippen molar-refractivity contribution in [2.45, 2.75) is 25.7 Å². The molecular weight excluding hydrogens is 373 g/mol. The van der Waals surface area contributed by atoms with Gasteiger partial charge in [-0.1, -0.05) is 42.5 Å². The van der Waals surface area contributed by atoms with Crippen LogP contribution in [-0.2, 0) is 14.3 Å². The third-order valence-electron chi connectivity index (χ3n) is 5.25. The summed E-state index contributed by atoms with van der Waals surface area (Å²) in [5.74, 6) is -1.57. The Hall–Kier alpha value is -3.02. The van der Waals surface area contributed by atoms with Crippen LogP contribution in [0.25, 0.3) is 11.1 Å². The lowest BCUT2D eigenvalue weighted by Crippen LogP contribution is -2.42. The number of rotatable bonds is 6. The molecule has 0 bridgehead atoms. The molecule has 152 valence electrons. The Morgan fingerprint density at radius 2 is 1.86 bits per heavy atom. The van der Waals surface area contributed by atoms with E-state index >= 15 is 0 Å². The Bertz CT molecular complexity index is 897. The zero-order chi connectivity index (χ0) is 20.8. The summed E-state index contributed by atoms with van der Waals surface area (Å²) < 4.78 is 19.2. The maximum atomic E-state index is 14.6. The molecule has 5 nitrogen and oxygen atoms in total. The highest BCUT2D eigenvalue weighted by atomic mass is 19.1. The second kappa shape index (κ2) is 9.45. The molecule has 0 aliphatic carbocycles. The summed E-state index contributed by atoms with van der Waals surface area (Å²) in [6.45, 7) is 0.853. The fraction of sp³-hybridized carbons (Fsp3) is 0.348. The lowest BCUT2D eigenvalue weighted by molar-refractivity contribution is -0.144. The van der Waals surface area contributed by atoms with Gasteiger partial charge in [0.25, 0.3) is 0 Å². The summed E-state index contributed by atoms with van der Waals surface area (Å²) in [7, 11) is 1.28. The van der Waals surface area contributed by atoms with E-state index in [0.717, 1.165) is 5.56 Å². The first-order chi connectivity index (χ1) is 14.0. The average molecular weight is 397 g/mol. The molecule has 1 aliphatic heterocycles. The number of hydrogen-bond donors (Lipinski definition) is 0. The molecule has 1 atom stereocenters. The van der Waals surface area contributed by atoms with Gasteiger partial charge in [-0.2, -0.15) is 0 Å². The van der Waals surface area contributed by atoms with Crippen molar-refractivity contribution in [3.63, 3.8) is 0 Å². The number of amides is 1. The predicted molar refractivity (Wildman–Crippen MR) is 107 cm³/mol. The van der Waals surface area contributed by atoms with Gasteiger partial charge in [-0.25, -0.2) is 4.39 Å². The number of ketones is 1. The second-order valence-corrected chi connectivity index (χ2v) is 7.18. The van der Waals surface area contributed by atoms with Gasteiger partial charge < -0.3 is 9.64 Å². The fourth-order valence-electron chi connectivity index (χ4n) is 3.64. The Morgan fingerprint density at radius 3 is 2.55 bits per heavy atom. The van der Waals surface area contributed by atoms with Gasteiger partial charge in [-0.05, 0) is 24.5 Å². The van der Waals surface area contributed by atoms with Gasteiger partial charge in [0, 0.05) is 36.6 Å². The van der Waals surface area contributed by atoms with Crippen molar-refractivity contribution < 1.29 is 23.5 Å². The van der Waals surface area contributed by atoms with Crippen molar-refractivity contribution >= 4 is 17.7 Å². The summed E-state index contributed by atoms with van der Waals surface area (Å²) in [4.78, 5) is 38.1. The van der Waals surface area contributed by atoms with Crippen LogP contribution >= 0.6 is 0 Å². The molecule has 1 amide bonds. The van der Waals surface area contributed by atoms with Crippen LogP contribution in [0.3, 0.4) is 0 Å². The van der Waals surface area contributed by atoms with Crippen LogP contribution in [-0.4, -0.2) is 42.8 Å². The third kappa shape index (κ3) is 5.08. The summed E-state index contributed by atoms with van der Waals surface area (Å²) in [5, 5.41) is 0. The predicted octanol–water partition coefficient (Wildman–Crippen LogP) is 3.87. The minimum absolute atomic E-state index is 0.0244. The maximum absolute atomic E-state index is 14.6. The van der Waals surface area contributed by atoms with Gasteiger partial charge in [0.1, 0.15) is 5.82 Å². The second-order valence-electron chi connectivity index (χ2n) is 7.18. The van der Waals surface area contributed by atoms with Gasteiger partial charge in [0.15, 0.2) is 5.78 Å². The molecule has 1 fully saturated rings. The summed E-state index contributed by atoms with van der Waals surface area (Å²) >= 11 is 0. The highest BCUT2D eigenvalue weighted by Crippen LogP contribution is 2.26. The molecule has 0 saturated carbocycles. The van der Waals surface area contributed by atoms with Crippen molar-refractivity contribution in [1.82, 2.24) is 4.90 Å². The van der Waals surface area contributed by atoms with E-state index in [1.54, 1.807) is 17.0 Å². The molecule has 2 aromatic carbocycles. The van der Waals surface area contributed by atoms with Crippen molar-refractivity contribution in [2.24, 2.45) is 5.92 Å². The van der Waals surface area contributed by atoms with Gasteiger partial charge in [0.05, 0.1) is 13.5 Å². The summed E-state index contributed by atoms with van der Waals surface area (Å²) in [5.41, 5.74) is 1.52. The van der Waals surface area contributed by atoms with Crippen LogP contribution < -0.4 is 0 Å². The van der Waals surface area contributed by atoms with E-state index in [9.17, 15) is 18.8 Å². The first-order valence-electron chi connectivity index (χ1n) is 9.73. The number of nitrogens with zero attached hydrogens (tertiary/aromatic N) is 1. The Balaban J connectivity index is 1.67. The smallest absolute Gasteiger partial charge is 0.306 e. The van der Waals surface area contributed by atoms with Crippen molar-refractivity contribution in [1.29, 1.82) is 0 Å². The van der Waals surface area contributed by atoms with Crippen molar-refractivity contribution in [3.8, 4) is 11.1 Å². The maximum Gasteiger partial charge on any atom is 0.306 e. The Labute approximate surface area is 169 Å². The van der Waals surface area contributed by atoms with Gasteiger partial charge in [0.2, 0.25) is 5.91 Å². The van der Waals surface area contributed by atoms with Crippen LogP contribution in [0.4, 0.5) is 4.39 Å². The number of methoxy groups -OCH3 is 1. The quantitative estimate of drug-likeness (QED) is 0.548. The Kier molecular flexibility index (Phi) is 6.75. The highest BCUT2D eigenvalue weighted by molar-refractivity contribution is 5.98. The number of halogens is 1. The summed E-state index contributed by atoms with van der Waals surface area (Å²) in [6.07, 6.45) is 1.44. The van der Waals surface area contributed by atoms with Crippen LogP contribution in [0.5, 0.6) is 0 Å².